The fourth-order valence-corrected chi connectivity index (χ4v) is 1.74. The Labute approximate surface area is 120 Å². The number of halogens is 1. The van der Waals surface area contributed by atoms with Gasteiger partial charge < -0.3 is 15.5 Å². The third kappa shape index (κ3) is 4.73. The monoisotopic (exact) mass is 283 g/mol. The van der Waals surface area contributed by atoms with Gasteiger partial charge in [0.2, 0.25) is 0 Å². The van der Waals surface area contributed by atoms with Gasteiger partial charge >= 0.3 is 0 Å². The molecule has 0 fully saturated rings. The first-order valence-electron chi connectivity index (χ1n) is 6.43. The Morgan fingerprint density at radius 1 is 1.42 bits per heavy atom. The standard InChI is InChI=1S/C14H22ClN3O/c1-5-16-13-7-6-11(15)8-12(13)14(19)17-9-10(2)18(3)4/h6-8,10,16H,5,9H2,1-4H3,(H,17,19). The van der Waals surface area contributed by atoms with E-state index in [0.29, 0.717) is 17.1 Å². The van der Waals surface area contributed by atoms with Crippen LogP contribution in [0.25, 0.3) is 0 Å². The molecule has 1 atom stereocenters. The van der Waals surface area contributed by atoms with E-state index in [1.807, 2.05) is 27.1 Å². The van der Waals surface area contributed by atoms with Crippen LogP contribution in [-0.2, 0) is 0 Å². The number of hydrogen-bond acceptors (Lipinski definition) is 3. The van der Waals surface area contributed by atoms with E-state index in [4.69, 9.17) is 11.6 Å². The lowest BCUT2D eigenvalue weighted by Crippen LogP contribution is -2.38. The lowest BCUT2D eigenvalue weighted by atomic mass is 10.1. The fourth-order valence-electron chi connectivity index (χ4n) is 1.57. The molecule has 0 aliphatic rings. The van der Waals surface area contributed by atoms with E-state index < -0.39 is 0 Å². The van der Waals surface area contributed by atoms with Gasteiger partial charge in [0.15, 0.2) is 0 Å². The van der Waals surface area contributed by atoms with Gasteiger partial charge in [-0.2, -0.15) is 0 Å². The topological polar surface area (TPSA) is 44.4 Å². The molecule has 19 heavy (non-hydrogen) atoms. The third-order valence-electron chi connectivity index (χ3n) is 3.03. The molecule has 0 aliphatic heterocycles. The molecule has 4 nitrogen and oxygen atoms in total. The van der Waals surface area contributed by atoms with Gasteiger partial charge in [0.1, 0.15) is 0 Å². The Balaban J connectivity index is 2.77. The van der Waals surface area contributed by atoms with E-state index in [2.05, 4.69) is 22.5 Å². The number of benzene rings is 1. The predicted molar refractivity (Wildman–Crippen MR) is 81.1 cm³/mol. The van der Waals surface area contributed by atoms with Gasteiger partial charge in [-0.25, -0.2) is 0 Å². The first-order chi connectivity index (χ1) is 8.95. The molecule has 0 bridgehead atoms. The number of carbonyl (C=O) groups is 1. The lowest BCUT2D eigenvalue weighted by molar-refractivity contribution is 0.0944. The van der Waals surface area contributed by atoms with Crippen molar-refractivity contribution in [2.45, 2.75) is 19.9 Å². The van der Waals surface area contributed by atoms with Crippen LogP contribution in [0.1, 0.15) is 24.2 Å². The van der Waals surface area contributed by atoms with Gasteiger partial charge in [0.25, 0.3) is 5.91 Å². The van der Waals surface area contributed by atoms with E-state index >= 15 is 0 Å². The first kappa shape index (κ1) is 15.8. The van der Waals surface area contributed by atoms with Gasteiger partial charge in [0, 0.05) is 29.8 Å². The minimum Gasteiger partial charge on any atom is -0.385 e. The van der Waals surface area contributed by atoms with Gasteiger partial charge in [-0.15, -0.1) is 0 Å². The molecule has 1 aromatic carbocycles. The number of nitrogens with zero attached hydrogens (tertiary/aromatic N) is 1. The SMILES string of the molecule is CCNc1ccc(Cl)cc1C(=O)NCC(C)N(C)C. The Bertz CT molecular complexity index is 435. The molecule has 0 aliphatic carbocycles. The summed E-state index contributed by atoms with van der Waals surface area (Å²) < 4.78 is 0. The van der Waals surface area contributed by atoms with E-state index in [0.717, 1.165) is 12.2 Å². The Morgan fingerprint density at radius 2 is 2.11 bits per heavy atom. The summed E-state index contributed by atoms with van der Waals surface area (Å²) >= 11 is 5.96. The normalized spacial score (nSPS) is 12.3. The molecule has 1 rings (SSSR count). The molecule has 1 unspecified atom stereocenters. The van der Waals surface area contributed by atoms with Crippen molar-refractivity contribution in [2.75, 3.05) is 32.5 Å². The molecule has 0 spiro atoms. The molecule has 0 heterocycles. The maximum absolute atomic E-state index is 12.2. The smallest absolute Gasteiger partial charge is 0.253 e. The largest absolute Gasteiger partial charge is 0.385 e. The molecule has 0 radical (unpaired) electrons. The summed E-state index contributed by atoms with van der Waals surface area (Å²) in [5, 5.41) is 6.65. The van der Waals surface area contributed by atoms with Crippen molar-refractivity contribution in [3.63, 3.8) is 0 Å². The summed E-state index contributed by atoms with van der Waals surface area (Å²) in [5.74, 6) is -0.104. The van der Waals surface area contributed by atoms with E-state index in [-0.39, 0.29) is 11.9 Å². The van der Waals surface area contributed by atoms with Crippen LogP contribution in [0.3, 0.4) is 0 Å². The van der Waals surface area contributed by atoms with Crippen LogP contribution in [0, 0.1) is 0 Å². The van der Waals surface area contributed by atoms with Gasteiger partial charge in [-0.05, 0) is 46.1 Å². The Morgan fingerprint density at radius 3 is 2.68 bits per heavy atom. The summed E-state index contributed by atoms with van der Waals surface area (Å²) in [7, 11) is 3.97. The van der Waals surface area contributed by atoms with Crippen LogP contribution >= 0.6 is 11.6 Å². The Hall–Kier alpha value is -1.26. The second-order valence-electron chi connectivity index (χ2n) is 4.74. The van der Waals surface area contributed by atoms with Crippen molar-refractivity contribution in [1.29, 1.82) is 0 Å². The van der Waals surface area contributed by atoms with Crippen LogP contribution in [0.5, 0.6) is 0 Å². The van der Waals surface area contributed by atoms with E-state index in [1.54, 1.807) is 12.1 Å². The summed E-state index contributed by atoms with van der Waals surface area (Å²) in [5.41, 5.74) is 1.39. The highest BCUT2D eigenvalue weighted by molar-refractivity contribution is 6.31. The van der Waals surface area contributed by atoms with Gasteiger partial charge in [-0.1, -0.05) is 11.6 Å². The average Bonchev–Trinajstić information content (AvgIpc) is 2.37. The maximum atomic E-state index is 12.2. The molecular weight excluding hydrogens is 262 g/mol. The number of likely N-dealkylation sites (N-methyl/N-ethyl adjacent to an activating group) is 1. The molecule has 0 saturated heterocycles. The summed E-state index contributed by atoms with van der Waals surface area (Å²) in [6.45, 7) is 5.41. The number of amides is 1. The van der Waals surface area contributed by atoms with Gasteiger partial charge in [0.05, 0.1) is 5.56 Å². The predicted octanol–water partition coefficient (Wildman–Crippen LogP) is 2.45. The number of carbonyl (C=O) groups excluding carboxylic acids is 1. The lowest BCUT2D eigenvalue weighted by Gasteiger charge is -2.20. The average molecular weight is 284 g/mol. The Kier molecular flexibility index (Phi) is 6.12. The first-order valence-corrected chi connectivity index (χ1v) is 6.81. The molecule has 106 valence electrons. The zero-order valence-corrected chi connectivity index (χ0v) is 12.7. The van der Waals surface area contributed by atoms with Crippen LogP contribution < -0.4 is 10.6 Å². The van der Waals surface area contributed by atoms with E-state index in [9.17, 15) is 4.79 Å². The van der Waals surface area contributed by atoms with Crippen molar-refractivity contribution in [3.8, 4) is 0 Å². The second-order valence-corrected chi connectivity index (χ2v) is 5.18. The van der Waals surface area contributed by atoms with Crippen molar-refractivity contribution >= 4 is 23.2 Å². The van der Waals surface area contributed by atoms with Crippen molar-refractivity contribution < 1.29 is 4.79 Å². The van der Waals surface area contributed by atoms with Crippen molar-refractivity contribution in [3.05, 3.63) is 28.8 Å². The highest BCUT2D eigenvalue weighted by atomic mass is 35.5. The molecule has 2 N–H and O–H groups in total. The molecule has 1 aromatic rings. The summed E-state index contributed by atoms with van der Waals surface area (Å²) in [6.07, 6.45) is 0. The number of anilines is 1. The van der Waals surface area contributed by atoms with Crippen LogP contribution in [-0.4, -0.2) is 44.0 Å². The van der Waals surface area contributed by atoms with Crippen molar-refractivity contribution in [2.24, 2.45) is 0 Å². The summed E-state index contributed by atoms with van der Waals surface area (Å²) in [6, 6.07) is 5.58. The van der Waals surface area contributed by atoms with Crippen LogP contribution in [0.4, 0.5) is 5.69 Å². The number of rotatable bonds is 6. The molecule has 5 heteroatoms. The molecule has 1 amide bonds. The molecule has 0 aromatic heterocycles. The van der Waals surface area contributed by atoms with Crippen LogP contribution in [0.15, 0.2) is 18.2 Å². The minimum absolute atomic E-state index is 0.104. The number of nitrogens with one attached hydrogen (secondary N) is 2. The molecule has 0 saturated carbocycles. The highest BCUT2D eigenvalue weighted by Gasteiger charge is 2.13. The molecular formula is C14H22ClN3O. The van der Waals surface area contributed by atoms with Crippen molar-refractivity contribution in [1.82, 2.24) is 10.2 Å². The minimum atomic E-state index is -0.104. The zero-order valence-electron chi connectivity index (χ0n) is 12.0. The maximum Gasteiger partial charge on any atom is 0.253 e. The number of hydrogen-bond donors (Lipinski definition) is 2. The van der Waals surface area contributed by atoms with Gasteiger partial charge in [-0.3, -0.25) is 4.79 Å². The highest BCUT2D eigenvalue weighted by Crippen LogP contribution is 2.20. The second kappa shape index (κ2) is 7.36. The summed E-state index contributed by atoms with van der Waals surface area (Å²) in [4.78, 5) is 14.3. The quantitative estimate of drug-likeness (QED) is 0.843. The van der Waals surface area contributed by atoms with Crippen LogP contribution in [0.2, 0.25) is 5.02 Å². The fraction of sp³-hybridized carbons (Fsp3) is 0.500. The zero-order chi connectivity index (χ0) is 14.4. The third-order valence-corrected chi connectivity index (χ3v) is 3.27. The van der Waals surface area contributed by atoms with E-state index in [1.165, 1.54) is 0 Å².